The summed E-state index contributed by atoms with van der Waals surface area (Å²) in [5, 5.41) is 5.37. The molecule has 0 unspecified atom stereocenters. The van der Waals surface area contributed by atoms with Crippen molar-refractivity contribution in [1.29, 1.82) is 0 Å². The van der Waals surface area contributed by atoms with Crippen molar-refractivity contribution < 1.29 is 9.53 Å². The molecular formula is C12H14N2O2. The molecule has 0 atom stereocenters. The third-order valence-corrected chi connectivity index (χ3v) is 2.45. The van der Waals surface area contributed by atoms with Crippen molar-refractivity contribution in [2.75, 3.05) is 0 Å². The second kappa shape index (κ2) is 3.96. The van der Waals surface area contributed by atoms with E-state index in [1.54, 1.807) is 0 Å². The summed E-state index contributed by atoms with van der Waals surface area (Å²) in [7, 11) is 0. The van der Waals surface area contributed by atoms with Crippen molar-refractivity contribution in [3.8, 4) is 0 Å². The zero-order chi connectivity index (χ0) is 11.6. The minimum Gasteiger partial charge on any atom is -0.460 e. The molecular weight excluding hydrogens is 204 g/mol. The molecule has 1 aromatic heterocycles. The maximum absolute atomic E-state index is 10.4. The average molecular weight is 218 g/mol. The molecule has 1 aromatic carbocycles. The molecule has 0 aliphatic heterocycles. The highest BCUT2D eigenvalue weighted by Crippen LogP contribution is 2.17. The predicted octanol–water partition coefficient (Wildman–Crippen LogP) is 1.99. The minimum absolute atomic E-state index is 0.478. The van der Waals surface area contributed by atoms with Crippen molar-refractivity contribution in [2.45, 2.75) is 26.0 Å². The molecule has 0 aliphatic rings. The van der Waals surface area contributed by atoms with Gasteiger partial charge in [0, 0.05) is 5.39 Å². The number of hydrogen-bond acceptors (Lipinski definition) is 3. The topological polar surface area (TPSA) is 44.1 Å². The van der Waals surface area contributed by atoms with Crippen molar-refractivity contribution in [3.63, 3.8) is 0 Å². The molecule has 16 heavy (non-hydrogen) atoms. The Morgan fingerprint density at radius 2 is 2.19 bits per heavy atom. The van der Waals surface area contributed by atoms with Gasteiger partial charge < -0.3 is 4.74 Å². The minimum atomic E-state index is -0.545. The Bertz CT molecular complexity index is 502. The first-order chi connectivity index (χ1) is 7.62. The van der Waals surface area contributed by atoms with Crippen molar-refractivity contribution in [2.24, 2.45) is 0 Å². The maximum atomic E-state index is 10.4. The van der Waals surface area contributed by atoms with E-state index in [1.807, 2.05) is 49.0 Å². The van der Waals surface area contributed by atoms with Gasteiger partial charge in [-0.05, 0) is 19.9 Å². The van der Waals surface area contributed by atoms with Crippen LogP contribution in [0.1, 0.15) is 13.8 Å². The Morgan fingerprint density at radius 3 is 2.94 bits per heavy atom. The van der Waals surface area contributed by atoms with Gasteiger partial charge in [0.1, 0.15) is 5.60 Å². The van der Waals surface area contributed by atoms with Crippen LogP contribution in [0.5, 0.6) is 0 Å². The fourth-order valence-corrected chi connectivity index (χ4v) is 1.68. The van der Waals surface area contributed by atoms with Gasteiger partial charge in [-0.25, -0.2) is 0 Å². The molecule has 2 aromatic rings. The molecule has 0 saturated carbocycles. The largest absolute Gasteiger partial charge is 0.460 e. The van der Waals surface area contributed by atoms with Crippen LogP contribution in [0.3, 0.4) is 0 Å². The summed E-state index contributed by atoms with van der Waals surface area (Å²) in [6, 6.07) is 7.95. The van der Waals surface area contributed by atoms with Crippen LogP contribution in [-0.2, 0) is 16.1 Å². The standard InChI is InChI=1S/C12H14N2O2/c1-12(2,16-9-15)8-14-11-6-4-3-5-10(11)7-13-14/h3-7,9H,8H2,1-2H3. The molecule has 0 radical (unpaired) electrons. The molecule has 1 heterocycles. The van der Waals surface area contributed by atoms with Crippen LogP contribution >= 0.6 is 0 Å². The highest BCUT2D eigenvalue weighted by atomic mass is 16.5. The number of aromatic nitrogens is 2. The predicted molar refractivity (Wildman–Crippen MR) is 61.0 cm³/mol. The smallest absolute Gasteiger partial charge is 0.293 e. The van der Waals surface area contributed by atoms with Gasteiger partial charge in [-0.3, -0.25) is 9.48 Å². The number of fused-ring (bicyclic) bond motifs is 1. The van der Waals surface area contributed by atoms with E-state index in [0.717, 1.165) is 10.9 Å². The molecule has 0 saturated heterocycles. The number of benzene rings is 1. The van der Waals surface area contributed by atoms with Crippen molar-refractivity contribution in [1.82, 2.24) is 9.78 Å². The molecule has 0 bridgehead atoms. The van der Waals surface area contributed by atoms with E-state index < -0.39 is 5.60 Å². The zero-order valence-electron chi connectivity index (χ0n) is 9.38. The van der Waals surface area contributed by atoms with Crippen LogP contribution in [-0.4, -0.2) is 21.9 Å². The molecule has 84 valence electrons. The SMILES string of the molecule is CC(C)(Cn1ncc2ccccc21)OC=O. The lowest BCUT2D eigenvalue weighted by molar-refractivity contribution is -0.141. The van der Waals surface area contributed by atoms with Crippen LogP contribution in [0.15, 0.2) is 30.5 Å². The fraction of sp³-hybridized carbons (Fsp3) is 0.333. The Balaban J connectivity index is 2.31. The van der Waals surface area contributed by atoms with Gasteiger partial charge in [0.2, 0.25) is 0 Å². The summed E-state index contributed by atoms with van der Waals surface area (Å²) in [5.41, 5.74) is 0.501. The lowest BCUT2D eigenvalue weighted by atomic mass is 10.1. The van der Waals surface area contributed by atoms with E-state index in [-0.39, 0.29) is 0 Å². The van der Waals surface area contributed by atoms with Crippen molar-refractivity contribution in [3.05, 3.63) is 30.5 Å². The van der Waals surface area contributed by atoms with Gasteiger partial charge in [0.15, 0.2) is 0 Å². The van der Waals surface area contributed by atoms with Gasteiger partial charge >= 0.3 is 0 Å². The zero-order valence-corrected chi connectivity index (χ0v) is 9.38. The summed E-state index contributed by atoms with van der Waals surface area (Å²) >= 11 is 0. The molecule has 4 heteroatoms. The van der Waals surface area contributed by atoms with E-state index in [9.17, 15) is 4.79 Å². The first kappa shape index (κ1) is 10.7. The van der Waals surface area contributed by atoms with E-state index in [0.29, 0.717) is 13.0 Å². The average Bonchev–Trinajstić information content (AvgIpc) is 2.61. The third-order valence-electron chi connectivity index (χ3n) is 2.45. The number of ether oxygens (including phenoxy) is 1. The third kappa shape index (κ3) is 2.05. The number of carbonyl (C=O) groups is 1. The van der Waals surface area contributed by atoms with Crippen LogP contribution in [0, 0.1) is 0 Å². The Kier molecular flexibility index (Phi) is 2.64. The second-order valence-corrected chi connectivity index (χ2v) is 4.33. The summed E-state index contributed by atoms with van der Waals surface area (Å²) in [6.45, 7) is 4.74. The molecule has 0 fully saturated rings. The Hall–Kier alpha value is -1.84. The first-order valence-corrected chi connectivity index (χ1v) is 5.14. The van der Waals surface area contributed by atoms with Crippen LogP contribution in [0.4, 0.5) is 0 Å². The monoisotopic (exact) mass is 218 g/mol. The second-order valence-electron chi connectivity index (χ2n) is 4.33. The molecule has 0 N–H and O–H groups in total. The highest BCUT2D eigenvalue weighted by molar-refractivity contribution is 5.78. The van der Waals surface area contributed by atoms with Crippen molar-refractivity contribution >= 4 is 17.4 Å². The van der Waals surface area contributed by atoms with Crippen LogP contribution in [0.2, 0.25) is 0 Å². The summed E-state index contributed by atoms with van der Waals surface area (Å²) in [4.78, 5) is 10.4. The van der Waals surface area contributed by atoms with E-state index in [1.165, 1.54) is 0 Å². The molecule has 2 rings (SSSR count). The molecule has 0 spiro atoms. The number of nitrogens with zero attached hydrogens (tertiary/aromatic N) is 2. The fourth-order valence-electron chi connectivity index (χ4n) is 1.68. The highest BCUT2D eigenvalue weighted by Gasteiger charge is 2.20. The first-order valence-electron chi connectivity index (χ1n) is 5.14. The Labute approximate surface area is 93.8 Å². The number of para-hydroxylation sites is 1. The Morgan fingerprint density at radius 1 is 1.44 bits per heavy atom. The maximum Gasteiger partial charge on any atom is 0.293 e. The lowest BCUT2D eigenvalue weighted by Crippen LogP contribution is -2.30. The summed E-state index contributed by atoms with van der Waals surface area (Å²) in [5.74, 6) is 0. The van der Waals surface area contributed by atoms with E-state index in [2.05, 4.69) is 5.10 Å². The van der Waals surface area contributed by atoms with Gasteiger partial charge in [0.05, 0.1) is 18.3 Å². The molecule has 4 nitrogen and oxygen atoms in total. The number of carbonyl (C=O) groups excluding carboxylic acids is 1. The number of hydrogen-bond donors (Lipinski definition) is 0. The molecule has 0 amide bonds. The van der Waals surface area contributed by atoms with E-state index in [4.69, 9.17) is 4.74 Å². The van der Waals surface area contributed by atoms with E-state index >= 15 is 0 Å². The van der Waals surface area contributed by atoms with Gasteiger partial charge in [0.25, 0.3) is 6.47 Å². The number of rotatable bonds is 4. The van der Waals surface area contributed by atoms with Gasteiger partial charge in [-0.1, -0.05) is 18.2 Å². The van der Waals surface area contributed by atoms with Gasteiger partial charge in [-0.15, -0.1) is 0 Å². The molecule has 0 aliphatic carbocycles. The van der Waals surface area contributed by atoms with Gasteiger partial charge in [-0.2, -0.15) is 5.10 Å². The summed E-state index contributed by atoms with van der Waals surface area (Å²) in [6.07, 6.45) is 1.81. The normalized spacial score (nSPS) is 11.6. The lowest BCUT2D eigenvalue weighted by Gasteiger charge is -2.22. The quantitative estimate of drug-likeness (QED) is 0.737. The summed E-state index contributed by atoms with van der Waals surface area (Å²) < 4.78 is 6.86. The van der Waals surface area contributed by atoms with Crippen LogP contribution in [0.25, 0.3) is 10.9 Å². The van der Waals surface area contributed by atoms with Crippen LogP contribution < -0.4 is 0 Å².